The van der Waals surface area contributed by atoms with Crippen molar-refractivity contribution in [3.05, 3.63) is 59.7 Å². The highest BCUT2D eigenvalue weighted by molar-refractivity contribution is 5.98. The first-order valence-electron chi connectivity index (χ1n) is 9.04. The van der Waals surface area contributed by atoms with Gasteiger partial charge in [0.2, 0.25) is 5.91 Å². The van der Waals surface area contributed by atoms with Crippen molar-refractivity contribution in [3.8, 4) is 11.5 Å². The van der Waals surface area contributed by atoms with Gasteiger partial charge in [-0.15, -0.1) is 0 Å². The molecule has 0 bridgehead atoms. The van der Waals surface area contributed by atoms with Gasteiger partial charge in [0.1, 0.15) is 11.5 Å². The summed E-state index contributed by atoms with van der Waals surface area (Å²) in [7, 11) is 0. The Balaban J connectivity index is 1.68. The number of ether oxygens (including phenoxy) is 2. The Morgan fingerprint density at radius 1 is 0.964 bits per heavy atom. The Morgan fingerprint density at radius 3 is 2.21 bits per heavy atom. The number of carbonyl (C=O) groups is 2. The molecule has 0 aromatic heterocycles. The number of nitrogens with one attached hydrogen (secondary N) is 1. The summed E-state index contributed by atoms with van der Waals surface area (Å²) in [6.07, 6.45) is 0.778. The molecule has 150 valence electrons. The second-order valence-corrected chi connectivity index (χ2v) is 6.00. The average molecular weight is 391 g/mol. The fraction of sp³-hybridized carbons (Fsp3) is 0.333. The summed E-state index contributed by atoms with van der Waals surface area (Å²) in [5.74, 6) is 0.478. The zero-order chi connectivity index (χ0) is 20.4. The van der Waals surface area contributed by atoms with Crippen LogP contribution < -0.4 is 14.8 Å². The summed E-state index contributed by atoms with van der Waals surface area (Å²) in [6.45, 7) is -0.0173. The maximum atomic E-state index is 12.1. The first-order chi connectivity index (χ1) is 13.5. The number of carbonyl (C=O) groups excluding carboxylic acids is 2. The van der Waals surface area contributed by atoms with Crippen molar-refractivity contribution >= 4 is 11.7 Å². The van der Waals surface area contributed by atoms with Crippen LogP contribution >= 0.6 is 0 Å². The summed E-state index contributed by atoms with van der Waals surface area (Å²) in [6, 6.07) is 13.1. The van der Waals surface area contributed by atoms with Crippen LogP contribution in [-0.4, -0.2) is 31.5 Å². The summed E-state index contributed by atoms with van der Waals surface area (Å²) in [5, 5.41) is 2.75. The van der Waals surface area contributed by atoms with Gasteiger partial charge in [0, 0.05) is 24.9 Å². The van der Waals surface area contributed by atoms with Crippen LogP contribution in [0.25, 0.3) is 0 Å². The summed E-state index contributed by atoms with van der Waals surface area (Å²) in [5.41, 5.74) is 1.43. The Hall–Kier alpha value is -2.96. The molecule has 0 saturated heterocycles. The molecular formula is C21H23F2NO4. The maximum Gasteiger partial charge on any atom is 0.387 e. The lowest BCUT2D eigenvalue weighted by molar-refractivity contribution is -0.121. The molecule has 28 heavy (non-hydrogen) atoms. The number of benzene rings is 2. The van der Waals surface area contributed by atoms with Crippen molar-refractivity contribution in [3.63, 3.8) is 0 Å². The third-order valence-corrected chi connectivity index (χ3v) is 3.95. The minimum Gasteiger partial charge on any atom is -0.494 e. The molecule has 1 N–H and O–H groups in total. The van der Waals surface area contributed by atoms with Crippen LogP contribution in [0, 0.1) is 0 Å². The van der Waals surface area contributed by atoms with Crippen LogP contribution in [0.1, 0.15) is 35.7 Å². The highest BCUT2D eigenvalue weighted by Crippen LogP contribution is 2.15. The zero-order valence-corrected chi connectivity index (χ0v) is 15.6. The standard InChI is InChI=1S/C21H23F2NO4/c1-2-27-17-9-5-16(6-10-17)19(25)11-12-20(26)24-14-13-15-3-7-18(8-4-15)28-21(22)23/h3-10,21H,2,11-14H2,1H3,(H,24,26). The van der Waals surface area contributed by atoms with Gasteiger partial charge in [-0.1, -0.05) is 12.1 Å². The molecule has 5 nitrogen and oxygen atoms in total. The van der Waals surface area contributed by atoms with Gasteiger partial charge in [-0.2, -0.15) is 8.78 Å². The molecule has 0 saturated carbocycles. The summed E-state index contributed by atoms with van der Waals surface area (Å²) in [4.78, 5) is 24.0. The predicted octanol–water partition coefficient (Wildman–Crippen LogP) is 4.01. The van der Waals surface area contributed by atoms with E-state index in [1.54, 1.807) is 36.4 Å². The van der Waals surface area contributed by atoms with Gasteiger partial charge >= 0.3 is 6.61 Å². The molecule has 0 heterocycles. The van der Waals surface area contributed by atoms with Crippen LogP contribution in [0.5, 0.6) is 11.5 Å². The van der Waals surface area contributed by atoms with Gasteiger partial charge in [0.25, 0.3) is 0 Å². The molecule has 0 aliphatic rings. The first kappa shape index (κ1) is 21.3. The van der Waals surface area contributed by atoms with Gasteiger partial charge in [-0.05, 0) is 55.3 Å². The number of hydrogen-bond acceptors (Lipinski definition) is 4. The lowest BCUT2D eigenvalue weighted by atomic mass is 10.1. The number of halogens is 2. The fourth-order valence-electron chi connectivity index (χ4n) is 2.55. The molecule has 1 amide bonds. The predicted molar refractivity (Wildman–Crippen MR) is 101 cm³/mol. The first-order valence-corrected chi connectivity index (χ1v) is 9.04. The van der Waals surface area contributed by atoms with Crippen LogP contribution in [-0.2, 0) is 11.2 Å². The van der Waals surface area contributed by atoms with Crippen molar-refractivity contribution in [1.29, 1.82) is 0 Å². The highest BCUT2D eigenvalue weighted by atomic mass is 19.3. The number of hydrogen-bond donors (Lipinski definition) is 1. The summed E-state index contributed by atoms with van der Waals surface area (Å²) < 4.78 is 33.8. The minimum absolute atomic E-state index is 0.0931. The topological polar surface area (TPSA) is 64.6 Å². The molecular weight excluding hydrogens is 368 g/mol. The molecule has 0 aliphatic carbocycles. The highest BCUT2D eigenvalue weighted by Gasteiger charge is 2.10. The number of amides is 1. The monoisotopic (exact) mass is 391 g/mol. The van der Waals surface area contributed by atoms with Gasteiger partial charge in [0.05, 0.1) is 6.61 Å². The third kappa shape index (κ3) is 7.34. The lowest BCUT2D eigenvalue weighted by Gasteiger charge is -2.07. The van der Waals surface area contributed by atoms with E-state index in [9.17, 15) is 18.4 Å². The van der Waals surface area contributed by atoms with E-state index >= 15 is 0 Å². The normalized spacial score (nSPS) is 10.6. The van der Waals surface area contributed by atoms with E-state index in [1.807, 2.05) is 6.92 Å². The van der Waals surface area contributed by atoms with Crippen molar-refractivity contribution in [2.24, 2.45) is 0 Å². The SMILES string of the molecule is CCOc1ccc(C(=O)CCC(=O)NCCc2ccc(OC(F)F)cc2)cc1. The molecule has 2 aromatic rings. The molecule has 0 fully saturated rings. The largest absolute Gasteiger partial charge is 0.494 e. The third-order valence-electron chi connectivity index (χ3n) is 3.95. The van der Waals surface area contributed by atoms with E-state index in [4.69, 9.17) is 4.74 Å². The molecule has 0 atom stereocenters. The molecule has 2 rings (SSSR count). The Bertz CT molecular complexity index is 761. The quantitative estimate of drug-likeness (QED) is 0.588. The summed E-state index contributed by atoms with van der Waals surface area (Å²) >= 11 is 0. The van der Waals surface area contributed by atoms with Crippen molar-refractivity contribution in [1.82, 2.24) is 5.32 Å². The minimum atomic E-state index is -2.85. The van der Waals surface area contributed by atoms with Gasteiger partial charge in [-0.25, -0.2) is 0 Å². The van der Waals surface area contributed by atoms with Crippen LogP contribution in [0.2, 0.25) is 0 Å². The van der Waals surface area contributed by atoms with Crippen molar-refractivity contribution in [2.75, 3.05) is 13.2 Å². The fourth-order valence-corrected chi connectivity index (χ4v) is 2.55. The molecule has 0 unspecified atom stereocenters. The Kier molecular flexibility index (Phi) is 8.39. The number of Topliss-reactive ketones (excluding diaryl/α,β-unsaturated/α-hetero) is 1. The van der Waals surface area contributed by atoms with E-state index < -0.39 is 6.61 Å². The number of ketones is 1. The van der Waals surface area contributed by atoms with Crippen LogP contribution in [0.15, 0.2) is 48.5 Å². The molecule has 0 radical (unpaired) electrons. The van der Waals surface area contributed by atoms with Gasteiger partial charge in [-0.3, -0.25) is 9.59 Å². The van der Waals surface area contributed by atoms with Gasteiger partial charge < -0.3 is 14.8 Å². The Morgan fingerprint density at radius 2 is 1.61 bits per heavy atom. The zero-order valence-electron chi connectivity index (χ0n) is 15.6. The van der Waals surface area contributed by atoms with E-state index in [0.29, 0.717) is 30.9 Å². The molecule has 0 spiro atoms. The molecule has 7 heteroatoms. The number of alkyl halides is 2. The van der Waals surface area contributed by atoms with E-state index in [0.717, 1.165) is 5.56 Å². The average Bonchev–Trinajstić information content (AvgIpc) is 2.68. The molecule has 0 aliphatic heterocycles. The van der Waals surface area contributed by atoms with Crippen molar-refractivity contribution in [2.45, 2.75) is 32.8 Å². The lowest BCUT2D eigenvalue weighted by Crippen LogP contribution is -2.26. The van der Waals surface area contributed by atoms with Crippen molar-refractivity contribution < 1.29 is 27.8 Å². The maximum absolute atomic E-state index is 12.1. The molecule has 2 aromatic carbocycles. The smallest absolute Gasteiger partial charge is 0.387 e. The second-order valence-electron chi connectivity index (χ2n) is 6.00. The Labute approximate surface area is 162 Å². The van der Waals surface area contributed by atoms with E-state index in [1.165, 1.54) is 12.1 Å². The van der Waals surface area contributed by atoms with Gasteiger partial charge in [0.15, 0.2) is 5.78 Å². The van der Waals surface area contributed by atoms with Crippen LogP contribution in [0.4, 0.5) is 8.78 Å². The van der Waals surface area contributed by atoms with Crippen LogP contribution in [0.3, 0.4) is 0 Å². The second kappa shape index (κ2) is 11.0. The van der Waals surface area contributed by atoms with E-state index in [-0.39, 0.29) is 30.3 Å². The van der Waals surface area contributed by atoms with E-state index in [2.05, 4.69) is 10.1 Å². The number of rotatable bonds is 11.